The van der Waals surface area contributed by atoms with Crippen molar-refractivity contribution in [2.75, 3.05) is 21.3 Å². The summed E-state index contributed by atoms with van der Waals surface area (Å²) in [7, 11) is 5.09. The summed E-state index contributed by atoms with van der Waals surface area (Å²) in [5.41, 5.74) is 4.43. The van der Waals surface area contributed by atoms with Crippen molar-refractivity contribution in [3.05, 3.63) is 59.2 Å². The summed E-state index contributed by atoms with van der Waals surface area (Å²) in [6.07, 6.45) is 0.765. The van der Waals surface area contributed by atoms with Gasteiger partial charge < -0.3 is 14.8 Å². The Balaban J connectivity index is 1.98. The molecule has 1 heterocycles. The van der Waals surface area contributed by atoms with Gasteiger partial charge in [-0.25, -0.2) is 5.01 Å². The molecule has 6 heteroatoms. The SMILES string of the molecule is CNC(=S)N1N=C(c2cccc(C)c2)C[C@@H]1c1ccc(OC)c(OC)c1. The Morgan fingerprint density at radius 1 is 1.15 bits per heavy atom. The summed E-state index contributed by atoms with van der Waals surface area (Å²) < 4.78 is 10.8. The van der Waals surface area contributed by atoms with Crippen LogP contribution in [0, 0.1) is 6.92 Å². The lowest BCUT2D eigenvalue weighted by atomic mass is 9.97. The number of nitrogens with one attached hydrogen (secondary N) is 1. The zero-order valence-corrected chi connectivity index (χ0v) is 16.3. The van der Waals surface area contributed by atoms with E-state index in [2.05, 4.69) is 36.5 Å². The molecule has 1 atom stereocenters. The molecule has 0 unspecified atom stereocenters. The lowest BCUT2D eigenvalue weighted by Gasteiger charge is -2.24. The Labute approximate surface area is 159 Å². The number of aryl methyl sites for hydroxylation is 1. The second-order valence-corrected chi connectivity index (χ2v) is 6.54. The van der Waals surface area contributed by atoms with Gasteiger partial charge in [-0.3, -0.25) is 0 Å². The standard InChI is InChI=1S/C20H23N3O2S/c1-13-6-5-7-14(10-13)16-12-17(23(22-16)20(26)21-2)15-8-9-18(24-3)19(11-15)25-4/h5-11,17H,12H2,1-4H3,(H,21,26)/t17-/m1/s1. The van der Waals surface area contributed by atoms with Gasteiger partial charge in [0.1, 0.15) is 0 Å². The summed E-state index contributed by atoms with van der Waals surface area (Å²) in [6, 6.07) is 14.3. The Morgan fingerprint density at radius 3 is 2.58 bits per heavy atom. The van der Waals surface area contributed by atoms with E-state index in [9.17, 15) is 0 Å². The highest BCUT2D eigenvalue weighted by Gasteiger charge is 2.31. The molecule has 0 amide bonds. The van der Waals surface area contributed by atoms with Crippen molar-refractivity contribution in [3.8, 4) is 11.5 Å². The molecule has 0 aromatic heterocycles. The van der Waals surface area contributed by atoms with E-state index >= 15 is 0 Å². The molecule has 3 rings (SSSR count). The molecule has 0 saturated heterocycles. The van der Waals surface area contributed by atoms with Crippen molar-refractivity contribution >= 4 is 23.0 Å². The molecule has 0 aliphatic carbocycles. The Kier molecular flexibility index (Phi) is 5.42. The summed E-state index contributed by atoms with van der Waals surface area (Å²) in [5, 5.41) is 10.3. The smallest absolute Gasteiger partial charge is 0.189 e. The normalized spacial score (nSPS) is 16.2. The van der Waals surface area contributed by atoms with Gasteiger partial charge >= 0.3 is 0 Å². The zero-order chi connectivity index (χ0) is 18.7. The summed E-state index contributed by atoms with van der Waals surface area (Å²) in [4.78, 5) is 0. The highest BCUT2D eigenvalue weighted by atomic mass is 32.1. The maximum absolute atomic E-state index is 5.48. The molecule has 1 aliphatic rings. The molecule has 0 spiro atoms. The monoisotopic (exact) mass is 369 g/mol. The first kappa shape index (κ1) is 18.2. The highest BCUT2D eigenvalue weighted by molar-refractivity contribution is 7.80. The number of nitrogens with zero attached hydrogens (tertiary/aromatic N) is 2. The molecule has 0 radical (unpaired) electrons. The third-order valence-electron chi connectivity index (χ3n) is 4.48. The number of thiocarbonyl (C=S) groups is 1. The first-order valence-electron chi connectivity index (χ1n) is 8.44. The van der Waals surface area contributed by atoms with Crippen LogP contribution in [0.25, 0.3) is 0 Å². The molecule has 26 heavy (non-hydrogen) atoms. The first-order chi connectivity index (χ1) is 12.6. The third kappa shape index (κ3) is 3.51. The predicted octanol–water partition coefficient (Wildman–Crippen LogP) is 3.67. The summed E-state index contributed by atoms with van der Waals surface area (Å²) in [6.45, 7) is 2.08. The maximum Gasteiger partial charge on any atom is 0.189 e. The van der Waals surface area contributed by atoms with Gasteiger partial charge in [-0.1, -0.05) is 35.9 Å². The number of benzene rings is 2. The molecule has 0 saturated carbocycles. The van der Waals surface area contributed by atoms with Crippen LogP contribution in [0.5, 0.6) is 11.5 Å². The van der Waals surface area contributed by atoms with E-state index in [-0.39, 0.29) is 6.04 Å². The molecule has 0 bridgehead atoms. The quantitative estimate of drug-likeness (QED) is 0.833. The molecule has 1 aliphatic heterocycles. The average Bonchev–Trinajstić information content (AvgIpc) is 3.12. The third-order valence-corrected chi connectivity index (χ3v) is 4.87. The lowest BCUT2D eigenvalue weighted by Crippen LogP contribution is -2.34. The molecule has 1 N–H and O–H groups in total. The van der Waals surface area contributed by atoms with Crippen LogP contribution in [-0.4, -0.2) is 37.1 Å². The molecular weight excluding hydrogens is 346 g/mol. The second kappa shape index (κ2) is 7.74. The van der Waals surface area contributed by atoms with Crippen LogP contribution in [0.3, 0.4) is 0 Å². The predicted molar refractivity (Wildman–Crippen MR) is 108 cm³/mol. The number of hydrogen-bond acceptors (Lipinski definition) is 4. The Bertz CT molecular complexity index is 851. The fraction of sp³-hybridized carbons (Fsp3) is 0.300. The fourth-order valence-electron chi connectivity index (χ4n) is 3.13. The van der Waals surface area contributed by atoms with Crippen molar-refractivity contribution in [3.63, 3.8) is 0 Å². The van der Waals surface area contributed by atoms with Crippen molar-refractivity contribution in [1.29, 1.82) is 0 Å². The molecule has 5 nitrogen and oxygen atoms in total. The van der Waals surface area contributed by atoms with Gasteiger partial charge in [0.05, 0.1) is 26.0 Å². The van der Waals surface area contributed by atoms with Crippen molar-refractivity contribution < 1.29 is 9.47 Å². The van der Waals surface area contributed by atoms with Gasteiger partial charge in [0.2, 0.25) is 0 Å². The van der Waals surface area contributed by atoms with Crippen LogP contribution in [0.4, 0.5) is 0 Å². The minimum atomic E-state index is 0.00488. The maximum atomic E-state index is 5.48. The van der Waals surface area contributed by atoms with Gasteiger partial charge in [-0.2, -0.15) is 5.10 Å². The van der Waals surface area contributed by atoms with Crippen molar-refractivity contribution in [2.24, 2.45) is 5.10 Å². The minimum Gasteiger partial charge on any atom is -0.493 e. The zero-order valence-electron chi connectivity index (χ0n) is 15.4. The number of ether oxygens (including phenoxy) is 2. The Hall–Kier alpha value is -2.60. The molecular formula is C20H23N3O2S. The topological polar surface area (TPSA) is 46.1 Å². The van der Waals surface area contributed by atoms with Gasteiger partial charge in [-0.05, 0) is 42.4 Å². The van der Waals surface area contributed by atoms with Crippen LogP contribution >= 0.6 is 12.2 Å². The second-order valence-electron chi connectivity index (χ2n) is 6.15. The van der Waals surface area contributed by atoms with E-state index in [0.717, 1.165) is 23.3 Å². The minimum absolute atomic E-state index is 0.00488. The van der Waals surface area contributed by atoms with Crippen LogP contribution in [0.15, 0.2) is 47.6 Å². The van der Waals surface area contributed by atoms with Gasteiger partial charge in [0.15, 0.2) is 16.6 Å². The lowest BCUT2D eigenvalue weighted by molar-refractivity contribution is 0.346. The molecule has 136 valence electrons. The number of methoxy groups -OCH3 is 2. The van der Waals surface area contributed by atoms with E-state index in [0.29, 0.717) is 16.6 Å². The summed E-state index contributed by atoms with van der Waals surface area (Å²) in [5.74, 6) is 1.40. The number of hydrogen-bond donors (Lipinski definition) is 1. The van der Waals surface area contributed by atoms with E-state index in [1.165, 1.54) is 5.56 Å². The van der Waals surface area contributed by atoms with Crippen LogP contribution in [0.2, 0.25) is 0 Å². The van der Waals surface area contributed by atoms with Crippen LogP contribution in [-0.2, 0) is 0 Å². The molecule has 0 fully saturated rings. The number of rotatable bonds is 4. The molecule has 2 aromatic rings. The van der Waals surface area contributed by atoms with Crippen molar-refractivity contribution in [1.82, 2.24) is 10.3 Å². The number of hydrazone groups is 1. The van der Waals surface area contributed by atoms with E-state index in [4.69, 9.17) is 26.8 Å². The van der Waals surface area contributed by atoms with Crippen molar-refractivity contribution in [2.45, 2.75) is 19.4 Å². The average molecular weight is 369 g/mol. The first-order valence-corrected chi connectivity index (χ1v) is 8.85. The highest BCUT2D eigenvalue weighted by Crippen LogP contribution is 2.37. The van der Waals surface area contributed by atoms with E-state index < -0.39 is 0 Å². The van der Waals surface area contributed by atoms with Gasteiger partial charge in [0, 0.05) is 13.5 Å². The van der Waals surface area contributed by atoms with Gasteiger partial charge in [0.25, 0.3) is 0 Å². The van der Waals surface area contributed by atoms with E-state index in [1.807, 2.05) is 30.3 Å². The van der Waals surface area contributed by atoms with Gasteiger partial charge in [-0.15, -0.1) is 0 Å². The Morgan fingerprint density at radius 2 is 1.92 bits per heavy atom. The van der Waals surface area contributed by atoms with Crippen LogP contribution < -0.4 is 14.8 Å². The summed E-state index contributed by atoms with van der Waals surface area (Å²) >= 11 is 5.48. The fourth-order valence-corrected chi connectivity index (χ4v) is 3.30. The van der Waals surface area contributed by atoms with E-state index in [1.54, 1.807) is 14.2 Å². The van der Waals surface area contributed by atoms with Crippen LogP contribution in [0.1, 0.15) is 29.2 Å². The molecule has 2 aromatic carbocycles. The largest absolute Gasteiger partial charge is 0.493 e.